The van der Waals surface area contributed by atoms with Crippen molar-refractivity contribution in [3.63, 3.8) is 0 Å². The Balaban J connectivity index is 1.66. The van der Waals surface area contributed by atoms with Gasteiger partial charge in [0.25, 0.3) is 11.8 Å². The van der Waals surface area contributed by atoms with Gasteiger partial charge in [0.15, 0.2) is 6.61 Å². The number of nitrogens with one attached hydrogen (secondary N) is 2. The highest BCUT2D eigenvalue weighted by Gasteiger charge is 2.17. The SMILES string of the molecule is COc1ccc(CNC(=O)c2ccc3c(c2)NC(=O)CO3)cc1. The zero-order chi connectivity index (χ0) is 16.2. The molecule has 0 unspecified atom stereocenters. The van der Waals surface area contributed by atoms with Gasteiger partial charge in [-0.1, -0.05) is 12.1 Å². The summed E-state index contributed by atoms with van der Waals surface area (Å²) >= 11 is 0. The van der Waals surface area contributed by atoms with Crippen molar-refractivity contribution in [3.05, 3.63) is 53.6 Å². The molecule has 3 rings (SSSR count). The van der Waals surface area contributed by atoms with Crippen LogP contribution in [-0.4, -0.2) is 25.5 Å². The first-order chi connectivity index (χ1) is 11.2. The molecule has 0 aromatic heterocycles. The second-order valence-electron chi connectivity index (χ2n) is 5.08. The number of carbonyl (C=O) groups is 2. The molecular formula is C17H16N2O4. The molecule has 118 valence electrons. The smallest absolute Gasteiger partial charge is 0.262 e. The maximum absolute atomic E-state index is 12.2. The summed E-state index contributed by atoms with van der Waals surface area (Å²) in [6, 6.07) is 12.4. The van der Waals surface area contributed by atoms with Crippen LogP contribution < -0.4 is 20.1 Å². The standard InChI is InChI=1S/C17H16N2O4/c1-22-13-5-2-11(3-6-13)9-18-17(21)12-4-7-15-14(8-12)19-16(20)10-23-15/h2-8H,9-10H2,1H3,(H,18,21)(H,19,20). The highest BCUT2D eigenvalue weighted by atomic mass is 16.5. The minimum Gasteiger partial charge on any atom is -0.497 e. The summed E-state index contributed by atoms with van der Waals surface area (Å²) < 4.78 is 10.4. The van der Waals surface area contributed by atoms with Crippen LogP contribution >= 0.6 is 0 Å². The average Bonchev–Trinajstić information content (AvgIpc) is 2.59. The number of amides is 2. The van der Waals surface area contributed by atoms with Crippen molar-refractivity contribution in [2.45, 2.75) is 6.54 Å². The number of benzene rings is 2. The molecule has 6 nitrogen and oxygen atoms in total. The number of rotatable bonds is 4. The molecule has 23 heavy (non-hydrogen) atoms. The first-order valence-corrected chi connectivity index (χ1v) is 7.13. The van der Waals surface area contributed by atoms with Crippen molar-refractivity contribution in [1.29, 1.82) is 0 Å². The second-order valence-corrected chi connectivity index (χ2v) is 5.08. The van der Waals surface area contributed by atoms with E-state index in [-0.39, 0.29) is 18.4 Å². The Bertz CT molecular complexity index is 741. The van der Waals surface area contributed by atoms with Gasteiger partial charge in [0.1, 0.15) is 11.5 Å². The molecule has 1 heterocycles. The zero-order valence-corrected chi connectivity index (χ0v) is 12.6. The predicted octanol–water partition coefficient (Wildman–Crippen LogP) is 1.96. The molecule has 0 atom stereocenters. The van der Waals surface area contributed by atoms with Gasteiger partial charge in [0, 0.05) is 12.1 Å². The highest BCUT2D eigenvalue weighted by Crippen LogP contribution is 2.28. The summed E-state index contributed by atoms with van der Waals surface area (Å²) in [7, 11) is 1.61. The Labute approximate surface area is 133 Å². The van der Waals surface area contributed by atoms with E-state index in [9.17, 15) is 9.59 Å². The van der Waals surface area contributed by atoms with Gasteiger partial charge in [-0.2, -0.15) is 0 Å². The lowest BCUT2D eigenvalue weighted by Gasteiger charge is -2.18. The lowest BCUT2D eigenvalue weighted by molar-refractivity contribution is -0.118. The summed E-state index contributed by atoms with van der Waals surface area (Å²) in [5.41, 5.74) is 1.94. The Morgan fingerprint density at radius 3 is 2.78 bits per heavy atom. The third-order valence-electron chi connectivity index (χ3n) is 3.49. The molecule has 2 amide bonds. The molecule has 0 spiro atoms. The topological polar surface area (TPSA) is 76.7 Å². The highest BCUT2D eigenvalue weighted by molar-refractivity contribution is 5.99. The molecule has 0 aliphatic carbocycles. The molecule has 2 aromatic carbocycles. The first-order valence-electron chi connectivity index (χ1n) is 7.13. The molecule has 1 aliphatic heterocycles. The van der Waals surface area contributed by atoms with Crippen LogP contribution in [0.4, 0.5) is 5.69 Å². The minimum absolute atomic E-state index is 0.00396. The lowest BCUT2D eigenvalue weighted by atomic mass is 10.1. The van der Waals surface area contributed by atoms with Gasteiger partial charge >= 0.3 is 0 Å². The zero-order valence-electron chi connectivity index (χ0n) is 12.6. The molecule has 0 saturated carbocycles. The number of hydrogen-bond donors (Lipinski definition) is 2. The number of fused-ring (bicyclic) bond motifs is 1. The lowest BCUT2D eigenvalue weighted by Crippen LogP contribution is -2.27. The summed E-state index contributed by atoms with van der Waals surface area (Å²) in [6.07, 6.45) is 0. The Hall–Kier alpha value is -3.02. The summed E-state index contributed by atoms with van der Waals surface area (Å²) in [5.74, 6) is 0.888. The Morgan fingerprint density at radius 2 is 2.04 bits per heavy atom. The van der Waals surface area contributed by atoms with E-state index in [4.69, 9.17) is 9.47 Å². The van der Waals surface area contributed by atoms with Crippen LogP contribution in [0.15, 0.2) is 42.5 Å². The molecule has 2 N–H and O–H groups in total. The fourth-order valence-electron chi connectivity index (χ4n) is 2.25. The van der Waals surface area contributed by atoms with E-state index < -0.39 is 0 Å². The van der Waals surface area contributed by atoms with Gasteiger partial charge < -0.3 is 20.1 Å². The van der Waals surface area contributed by atoms with Gasteiger partial charge in [-0.25, -0.2) is 0 Å². The average molecular weight is 312 g/mol. The maximum Gasteiger partial charge on any atom is 0.262 e. The van der Waals surface area contributed by atoms with Crippen LogP contribution in [0.3, 0.4) is 0 Å². The third-order valence-corrected chi connectivity index (χ3v) is 3.49. The quantitative estimate of drug-likeness (QED) is 0.905. The van der Waals surface area contributed by atoms with Crippen LogP contribution in [0.1, 0.15) is 15.9 Å². The summed E-state index contributed by atoms with van der Waals surface area (Å²) in [5, 5.41) is 5.52. The molecule has 0 radical (unpaired) electrons. The summed E-state index contributed by atoms with van der Waals surface area (Å²) in [6.45, 7) is 0.402. The van der Waals surface area contributed by atoms with Crippen molar-refractivity contribution in [1.82, 2.24) is 5.32 Å². The second kappa shape index (κ2) is 6.39. The molecule has 0 saturated heterocycles. The molecule has 6 heteroatoms. The van der Waals surface area contributed by atoms with E-state index in [1.54, 1.807) is 25.3 Å². The third kappa shape index (κ3) is 3.42. The van der Waals surface area contributed by atoms with Crippen molar-refractivity contribution in [3.8, 4) is 11.5 Å². The van der Waals surface area contributed by atoms with Gasteiger partial charge in [-0.3, -0.25) is 9.59 Å². The fourth-order valence-corrected chi connectivity index (χ4v) is 2.25. The molecule has 1 aliphatic rings. The summed E-state index contributed by atoms with van der Waals surface area (Å²) in [4.78, 5) is 23.5. The van der Waals surface area contributed by atoms with E-state index in [2.05, 4.69) is 10.6 Å². The predicted molar refractivity (Wildman–Crippen MR) is 84.7 cm³/mol. The fraction of sp³-hybridized carbons (Fsp3) is 0.176. The molecule has 2 aromatic rings. The number of hydrogen-bond acceptors (Lipinski definition) is 4. The number of methoxy groups -OCH3 is 1. The van der Waals surface area contributed by atoms with Crippen molar-refractivity contribution in [2.75, 3.05) is 19.0 Å². The number of anilines is 1. The van der Waals surface area contributed by atoms with Gasteiger partial charge in [0.05, 0.1) is 12.8 Å². The van der Waals surface area contributed by atoms with E-state index >= 15 is 0 Å². The van der Waals surface area contributed by atoms with Gasteiger partial charge in [0.2, 0.25) is 0 Å². The Morgan fingerprint density at radius 1 is 1.26 bits per heavy atom. The molecular weight excluding hydrogens is 296 g/mol. The van der Waals surface area contributed by atoms with Crippen LogP contribution in [0.5, 0.6) is 11.5 Å². The van der Waals surface area contributed by atoms with Crippen molar-refractivity contribution >= 4 is 17.5 Å². The molecule has 0 bridgehead atoms. The maximum atomic E-state index is 12.2. The van der Waals surface area contributed by atoms with Crippen molar-refractivity contribution < 1.29 is 19.1 Å². The van der Waals surface area contributed by atoms with Crippen molar-refractivity contribution in [2.24, 2.45) is 0 Å². The van der Waals surface area contributed by atoms with E-state index in [1.807, 2.05) is 24.3 Å². The minimum atomic E-state index is -0.228. The first kappa shape index (κ1) is 14.9. The van der Waals surface area contributed by atoms with Crippen LogP contribution in [0.25, 0.3) is 0 Å². The monoisotopic (exact) mass is 312 g/mol. The molecule has 0 fully saturated rings. The van der Waals surface area contributed by atoms with Crippen LogP contribution in [0, 0.1) is 0 Å². The normalized spacial score (nSPS) is 12.7. The number of carbonyl (C=O) groups excluding carboxylic acids is 2. The van der Waals surface area contributed by atoms with Gasteiger partial charge in [-0.15, -0.1) is 0 Å². The van der Waals surface area contributed by atoms with E-state index in [0.29, 0.717) is 23.5 Å². The number of ether oxygens (including phenoxy) is 2. The van der Waals surface area contributed by atoms with E-state index in [1.165, 1.54) is 0 Å². The van der Waals surface area contributed by atoms with Gasteiger partial charge in [-0.05, 0) is 35.9 Å². The Kier molecular flexibility index (Phi) is 4.14. The largest absolute Gasteiger partial charge is 0.497 e. The van der Waals surface area contributed by atoms with E-state index in [0.717, 1.165) is 11.3 Å². The van der Waals surface area contributed by atoms with Crippen LogP contribution in [0.2, 0.25) is 0 Å². The van der Waals surface area contributed by atoms with Crippen LogP contribution in [-0.2, 0) is 11.3 Å².